The van der Waals surface area contributed by atoms with Crippen LogP contribution in [-0.4, -0.2) is 69.9 Å². The number of aryl methyl sites for hydroxylation is 1. The Morgan fingerprint density at radius 1 is 1.11 bits per heavy atom. The van der Waals surface area contributed by atoms with Gasteiger partial charge in [-0.3, -0.25) is 9.36 Å². The highest BCUT2D eigenvalue weighted by atomic mass is 32.2. The van der Waals surface area contributed by atoms with Gasteiger partial charge in [-0.1, -0.05) is 23.9 Å². The van der Waals surface area contributed by atoms with Gasteiger partial charge in [0.25, 0.3) is 0 Å². The number of carbonyl (C=O) groups excluding carboxylic acids is 1. The third kappa shape index (κ3) is 4.90. The molecule has 0 saturated carbocycles. The molecule has 0 N–H and O–H groups in total. The molecule has 1 unspecified atom stereocenters. The lowest BCUT2D eigenvalue weighted by Gasteiger charge is -2.27. The van der Waals surface area contributed by atoms with Crippen LogP contribution < -0.4 is 14.4 Å². The zero-order chi connectivity index (χ0) is 24.4. The molecule has 9 nitrogen and oxygen atoms in total. The summed E-state index contributed by atoms with van der Waals surface area (Å²) in [7, 11) is 0. The number of hydrogen-bond acceptors (Lipinski definition) is 8. The van der Waals surface area contributed by atoms with Gasteiger partial charge in [-0.05, 0) is 39.0 Å². The standard InChI is InChI=1S/C25H31N5O4S/c1-4-29-24(28-9-11-32-12-10-28)26-27-25(29)35-16-21(31)20-13-17(2)30(18(20)3)14-19-15-33-22-7-5-6-8-23(22)34-19/h5-8,13,19H,4,9-12,14-16H2,1-3H3. The predicted molar refractivity (Wildman–Crippen MR) is 134 cm³/mol. The van der Waals surface area contributed by atoms with Gasteiger partial charge in [-0.2, -0.15) is 0 Å². The van der Waals surface area contributed by atoms with Gasteiger partial charge < -0.3 is 23.7 Å². The molecule has 1 aromatic carbocycles. The number of aromatic nitrogens is 4. The Morgan fingerprint density at radius 3 is 2.66 bits per heavy atom. The number of morpholine rings is 1. The summed E-state index contributed by atoms with van der Waals surface area (Å²) in [5, 5.41) is 9.54. The van der Waals surface area contributed by atoms with Crippen molar-refractivity contribution in [1.29, 1.82) is 0 Å². The van der Waals surface area contributed by atoms with Gasteiger partial charge in [0.05, 0.1) is 25.5 Å². The first kappa shape index (κ1) is 23.7. The Kier molecular flexibility index (Phi) is 7.01. The molecule has 1 saturated heterocycles. The van der Waals surface area contributed by atoms with E-state index in [4.69, 9.17) is 14.2 Å². The Hall–Kier alpha value is -2.98. The maximum Gasteiger partial charge on any atom is 0.228 e. The Labute approximate surface area is 209 Å². The summed E-state index contributed by atoms with van der Waals surface area (Å²) >= 11 is 1.44. The SMILES string of the molecule is CCn1c(SCC(=O)c2cc(C)n(CC3COc4ccccc4O3)c2C)nnc1N1CCOCC1. The van der Waals surface area contributed by atoms with Crippen LogP contribution in [0.15, 0.2) is 35.5 Å². The van der Waals surface area contributed by atoms with Crippen molar-refractivity contribution in [2.45, 2.75) is 45.1 Å². The zero-order valence-corrected chi connectivity index (χ0v) is 21.2. The van der Waals surface area contributed by atoms with Crippen molar-refractivity contribution < 1.29 is 19.0 Å². The molecule has 10 heteroatoms. The number of thioether (sulfide) groups is 1. The highest BCUT2D eigenvalue weighted by Gasteiger charge is 2.25. The van der Waals surface area contributed by atoms with Crippen LogP contribution in [0.4, 0.5) is 5.95 Å². The summed E-state index contributed by atoms with van der Waals surface area (Å²) in [6.45, 7) is 10.9. The number of rotatable bonds is 8. The second-order valence-electron chi connectivity index (χ2n) is 8.73. The average molecular weight is 498 g/mol. The van der Waals surface area contributed by atoms with Crippen molar-refractivity contribution in [3.63, 3.8) is 0 Å². The molecule has 5 rings (SSSR count). The van der Waals surface area contributed by atoms with E-state index in [1.807, 2.05) is 44.2 Å². The van der Waals surface area contributed by atoms with Gasteiger partial charge in [0.1, 0.15) is 6.61 Å². The van der Waals surface area contributed by atoms with Gasteiger partial charge in [0, 0.05) is 36.6 Å². The largest absolute Gasteiger partial charge is 0.486 e. The van der Waals surface area contributed by atoms with Crippen molar-refractivity contribution in [3.05, 3.63) is 47.3 Å². The van der Waals surface area contributed by atoms with Crippen molar-refractivity contribution >= 4 is 23.5 Å². The summed E-state index contributed by atoms with van der Waals surface area (Å²) < 4.78 is 21.7. The van der Waals surface area contributed by atoms with E-state index in [0.29, 0.717) is 32.1 Å². The van der Waals surface area contributed by atoms with E-state index >= 15 is 0 Å². The van der Waals surface area contributed by atoms with Gasteiger partial charge in [0.15, 0.2) is 28.5 Å². The number of fused-ring (bicyclic) bond motifs is 1. The van der Waals surface area contributed by atoms with E-state index in [1.54, 1.807) is 0 Å². The van der Waals surface area contributed by atoms with Crippen LogP contribution in [0.1, 0.15) is 28.7 Å². The molecule has 2 aliphatic rings. The van der Waals surface area contributed by atoms with E-state index in [1.165, 1.54) is 11.8 Å². The van der Waals surface area contributed by atoms with E-state index in [9.17, 15) is 4.79 Å². The minimum absolute atomic E-state index is 0.0825. The fraction of sp³-hybridized carbons (Fsp3) is 0.480. The Morgan fingerprint density at radius 2 is 1.89 bits per heavy atom. The molecule has 0 amide bonds. The second kappa shape index (κ2) is 10.3. The summed E-state index contributed by atoms with van der Waals surface area (Å²) in [5.74, 6) is 2.77. The van der Waals surface area contributed by atoms with Crippen LogP contribution in [-0.2, 0) is 17.8 Å². The number of nitrogens with zero attached hydrogens (tertiary/aromatic N) is 5. The van der Waals surface area contributed by atoms with Crippen LogP contribution in [0.2, 0.25) is 0 Å². The van der Waals surface area contributed by atoms with Crippen LogP contribution in [0.3, 0.4) is 0 Å². The third-order valence-corrected chi connectivity index (χ3v) is 7.43. The Balaban J connectivity index is 1.25. The molecule has 0 bridgehead atoms. The van der Waals surface area contributed by atoms with Crippen molar-refractivity contribution in [1.82, 2.24) is 19.3 Å². The monoisotopic (exact) mass is 497 g/mol. The van der Waals surface area contributed by atoms with Gasteiger partial charge in [0.2, 0.25) is 5.95 Å². The quantitative estimate of drug-likeness (QED) is 0.346. The molecule has 2 aliphatic heterocycles. The lowest BCUT2D eigenvalue weighted by Crippen LogP contribution is -2.38. The number of anilines is 1. The number of hydrogen-bond donors (Lipinski definition) is 0. The van der Waals surface area contributed by atoms with Crippen LogP contribution >= 0.6 is 11.8 Å². The molecule has 0 radical (unpaired) electrons. The minimum Gasteiger partial charge on any atom is -0.486 e. The fourth-order valence-corrected chi connectivity index (χ4v) is 5.47. The van der Waals surface area contributed by atoms with Crippen LogP contribution in [0, 0.1) is 13.8 Å². The van der Waals surface area contributed by atoms with Gasteiger partial charge in [-0.15, -0.1) is 10.2 Å². The minimum atomic E-state index is -0.117. The van der Waals surface area contributed by atoms with Crippen molar-refractivity contribution in [3.8, 4) is 11.5 Å². The lowest BCUT2D eigenvalue weighted by atomic mass is 10.2. The van der Waals surface area contributed by atoms with E-state index in [2.05, 4.69) is 31.2 Å². The zero-order valence-electron chi connectivity index (χ0n) is 20.4. The maximum absolute atomic E-state index is 13.2. The lowest BCUT2D eigenvalue weighted by molar-refractivity contribution is 0.0777. The van der Waals surface area contributed by atoms with Crippen LogP contribution in [0.25, 0.3) is 0 Å². The first-order valence-electron chi connectivity index (χ1n) is 12.0. The third-order valence-electron chi connectivity index (χ3n) is 6.47. The van der Waals surface area contributed by atoms with E-state index in [0.717, 1.165) is 59.2 Å². The molecule has 186 valence electrons. The van der Waals surface area contributed by atoms with Gasteiger partial charge in [-0.25, -0.2) is 0 Å². The summed E-state index contributed by atoms with van der Waals surface area (Å²) in [5.41, 5.74) is 2.72. The number of ether oxygens (including phenoxy) is 3. The maximum atomic E-state index is 13.2. The van der Waals surface area contributed by atoms with Crippen molar-refractivity contribution in [2.75, 3.05) is 43.6 Å². The first-order chi connectivity index (χ1) is 17.0. The van der Waals surface area contributed by atoms with Gasteiger partial charge >= 0.3 is 0 Å². The summed E-state index contributed by atoms with van der Waals surface area (Å²) in [4.78, 5) is 15.4. The number of ketones is 1. The average Bonchev–Trinajstić information content (AvgIpc) is 3.43. The van der Waals surface area contributed by atoms with E-state index in [-0.39, 0.29) is 11.9 Å². The molecular weight excluding hydrogens is 466 g/mol. The number of benzene rings is 1. The molecule has 2 aromatic heterocycles. The molecule has 4 heterocycles. The van der Waals surface area contributed by atoms with Crippen LogP contribution in [0.5, 0.6) is 11.5 Å². The molecule has 1 atom stereocenters. The molecule has 35 heavy (non-hydrogen) atoms. The molecular formula is C25H31N5O4S. The molecule has 1 fully saturated rings. The first-order valence-corrected chi connectivity index (χ1v) is 13.0. The van der Waals surface area contributed by atoms with E-state index < -0.39 is 0 Å². The number of carbonyl (C=O) groups is 1. The highest BCUT2D eigenvalue weighted by Crippen LogP contribution is 2.32. The fourth-order valence-electron chi connectivity index (χ4n) is 4.59. The van der Waals surface area contributed by atoms with Crippen molar-refractivity contribution in [2.24, 2.45) is 0 Å². The predicted octanol–water partition coefficient (Wildman–Crippen LogP) is 3.37. The second-order valence-corrected chi connectivity index (χ2v) is 9.67. The summed E-state index contributed by atoms with van der Waals surface area (Å²) in [6, 6.07) is 9.68. The smallest absolute Gasteiger partial charge is 0.228 e. The highest BCUT2D eigenvalue weighted by molar-refractivity contribution is 7.99. The molecule has 0 aliphatic carbocycles. The number of Topliss-reactive ketones (excluding diaryl/α,β-unsaturated/α-hetero) is 1. The number of para-hydroxylation sites is 2. The Bertz CT molecular complexity index is 1200. The molecule has 0 spiro atoms. The normalized spacial score (nSPS) is 17.6. The topological polar surface area (TPSA) is 83.6 Å². The molecule has 3 aromatic rings. The summed E-state index contributed by atoms with van der Waals surface area (Å²) in [6.07, 6.45) is -0.117.